The molecule has 3 rings (SSSR count). The maximum atomic E-state index is 12.9. The van der Waals surface area contributed by atoms with Crippen LogP contribution in [0.5, 0.6) is 0 Å². The molecule has 0 aliphatic carbocycles. The van der Waals surface area contributed by atoms with Crippen LogP contribution < -0.4 is 15.5 Å². The van der Waals surface area contributed by atoms with Crippen molar-refractivity contribution in [1.82, 2.24) is 5.32 Å². The Morgan fingerprint density at radius 3 is 2.23 bits per heavy atom. The number of carbonyl (C=O) groups is 2. The third-order valence-electron chi connectivity index (χ3n) is 6.07. The van der Waals surface area contributed by atoms with Crippen molar-refractivity contribution in [1.29, 1.82) is 0 Å². The van der Waals surface area contributed by atoms with E-state index in [9.17, 15) is 32.9 Å². The number of aryl methyl sites for hydroxylation is 3. The van der Waals surface area contributed by atoms with Crippen molar-refractivity contribution < 1.29 is 27.7 Å². The van der Waals surface area contributed by atoms with Gasteiger partial charge in [0.1, 0.15) is 5.69 Å². The summed E-state index contributed by atoms with van der Waals surface area (Å²) in [6, 6.07) is 6.36. The molecule has 0 saturated carbocycles. The van der Waals surface area contributed by atoms with Crippen molar-refractivity contribution in [3.05, 3.63) is 62.7 Å². The minimum Gasteiger partial charge on any atom is -0.366 e. The fraction of sp³-hybridized carbons (Fsp3) is 0.417. The standard InChI is InChI=1S/C24H27F3N4O4/c1-14-10-15(2)22(16(3)11-14)29-21(32)13-28-23(33)17-6-8-30(9-7-17)19-5-4-18(24(25,26)27)12-20(19)31(34)35/h4-5,10-12,17H,6-9,13H2,1-3H3,(H,28,33)(H,29,32). The van der Waals surface area contributed by atoms with Gasteiger partial charge in [0.15, 0.2) is 0 Å². The van der Waals surface area contributed by atoms with Crippen molar-refractivity contribution >= 4 is 28.9 Å². The van der Waals surface area contributed by atoms with Crippen LogP contribution in [0.2, 0.25) is 0 Å². The molecule has 11 heteroatoms. The smallest absolute Gasteiger partial charge is 0.366 e. The number of nitro benzene ring substituents is 1. The highest BCUT2D eigenvalue weighted by Gasteiger charge is 2.35. The number of hydrogen-bond acceptors (Lipinski definition) is 5. The van der Waals surface area contributed by atoms with Crippen molar-refractivity contribution in [2.75, 3.05) is 29.9 Å². The van der Waals surface area contributed by atoms with E-state index >= 15 is 0 Å². The molecule has 1 heterocycles. The Morgan fingerprint density at radius 2 is 1.69 bits per heavy atom. The van der Waals surface area contributed by atoms with E-state index in [4.69, 9.17) is 0 Å². The summed E-state index contributed by atoms with van der Waals surface area (Å²) in [6.45, 7) is 6.07. The summed E-state index contributed by atoms with van der Waals surface area (Å²) in [6.07, 6.45) is -3.98. The fourth-order valence-corrected chi connectivity index (χ4v) is 4.37. The molecule has 188 valence electrons. The van der Waals surface area contributed by atoms with Crippen molar-refractivity contribution in [2.45, 2.75) is 39.8 Å². The average Bonchev–Trinajstić information content (AvgIpc) is 2.79. The molecule has 2 aromatic rings. The number of piperidine rings is 1. The van der Waals surface area contributed by atoms with Crippen LogP contribution in [0.3, 0.4) is 0 Å². The van der Waals surface area contributed by atoms with Crippen molar-refractivity contribution in [3.63, 3.8) is 0 Å². The van der Waals surface area contributed by atoms with Crippen LogP contribution in [-0.4, -0.2) is 36.4 Å². The molecule has 0 spiro atoms. The van der Waals surface area contributed by atoms with Crippen LogP contribution in [0.15, 0.2) is 30.3 Å². The summed E-state index contributed by atoms with van der Waals surface area (Å²) in [5, 5.41) is 16.8. The molecule has 2 N–H and O–H groups in total. The highest BCUT2D eigenvalue weighted by atomic mass is 19.4. The third kappa shape index (κ3) is 6.28. The van der Waals surface area contributed by atoms with E-state index in [-0.39, 0.29) is 37.1 Å². The van der Waals surface area contributed by atoms with Crippen molar-refractivity contribution in [2.24, 2.45) is 5.92 Å². The monoisotopic (exact) mass is 492 g/mol. The molecule has 35 heavy (non-hydrogen) atoms. The number of anilines is 2. The van der Waals surface area contributed by atoms with Gasteiger partial charge < -0.3 is 15.5 Å². The lowest BCUT2D eigenvalue weighted by Gasteiger charge is -2.32. The van der Waals surface area contributed by atoms with E-state index in [0.29, 0.717) is 24.6 Å². The second-order valence-electron chi connectivity index (χ2n) is 8.76. The molecule has 2 amide bonds. The number of rotatable bonds is 6. The largest absolute Gasteiger partial charge is 0.416 e. The number of nitrogens with one attached hydrogen (secondary N) is 2. The predicted molar refractivity (Wildman–Crippen MR) is 125 cm³/mol. The first-order valence-electron chi connectivity index (χ1n) is 11.1. The Bertz CT molecular complexity index is 1120. The zero-order valence-corrected chi connectivity index (χ0v) is 19.7. The lowest BCUT2D eigenvalue weighted by atomic mass is 9.95. The minimum atomic E-state index is -4.68. The lowest BCUT2D eigenvalue weighted by Crippen LogP contribution is -2.42. The van der Waals surface area contributed by atoms with Crippen LogP contribution >= 0.6 is 0 Å². The van der Waals surface area contributed by atoms with Gasteiger partial charge in [0, 0.05) is 30.8 Å². The molecule has 1 aliphatic rings. The molecule has 1 saturated heterocycles. The molecule has 0 radical (unpaired) electrons. The van der Waals surface area contributed by atoms with Gasteiger partial charge in [-0.1, -0.05) is 17.7 Å². The molecule has 1 aliphatic heterocycles. The Hall–Kier alpha value is -3.63. The molecule has 0 bridgehead atoms. The second kappa shape index (κ2) is 10.3. The Labute approximate surface area is 200 Å². The van der Waals surface area contributed by atoms with E-state index in [0.717, 1.165) is 28.8 Å². The summed E-state index contributed by atoms with van der Waals surface area (Å²) >= 11 is 0. The van der Waals surface area contributed by atoms with Gasteiger partial charge >= 0.3 is 6.18 Å². The van der Waals surface area contributed by atoms with Crippen LogP contribution in [0.1, 0.15) is 35.1 Å². The van der Waals surface area contributed by atoms with Crippen LogP contribution in [0.4, 0.5) is 30.2 Å². The van der Waals surface area contributed by atoms with Gasteiger partial charge in [-0.25, -0.2) is 0 Å². The number of alkyl halides is 3. The van der Waals surface area contributed by atoms with Gasteiger partial charge in [0.05, 0.1) is 17.0 Å². The number of amides is 2. The van der Waals surface area contributed by atoms with E-state index in [2.05, 4.69) is 10.6 Å². The summed E-state index contributed by atoms with van der Waals surface area (Å²) in [4.78, 5) is 37.1. The van der Waals surface area contributed by atoms with Crippen LogP contribution in [-0.2, 0) is 15.8 Å². The first-order chi connectivity index (χ1) is 16.4. The number of hydrogen-bond donors (Lipinski definition) is 2. The molecule has 1 fully saturated rings. The molecule has 0 unspecified atom stereocenters. The minimum absolute atomic E-state index is 0.0880. The maximum Gasteiger partial charge on any atom is 0.416 e. The Balaban J connectivity index is 1.56. The molecule has 0 atom stereocenters. The fourth-order valence-electron chi connectivity index (χ4n) is 4.37. The molecule has 0 aromatic heterocycles. The van der Waals surface area contributed by atoms with Crippen LogP contribution in [0, 0.1) is 36.8 Å². The highest BCUT2D eigenvalue weighted by Crippen LogP contribution is 2.37. The SMILES string of the molecule is Cc1cc(C)c(NC(=O)CNC(=O)C2CCN(c3ccc(C(F)(F)F)cc3[N+](=O)[O-])CC2)c(C)c1. The number of halogens is 3. The second-order valence-corrected chi connectivity index (χ2v) is 8.76. The van der Waals surface area contributed by atoms with E-state index in [1.54, 1.807) is 4.90 Å². The first kappa shape index (κ1) is 26.0. The lowest BCUT2D eigenvalue weighted by molar-refractivity contribution is -0.384. The summed E-state index contributed by atoms with van der Waals surface area (Å²) in [5.41, 5.74) is 2.02. The average molecular weight is 492 g/mol. The molecular formula is C24H27F3N4O4. The third-order valence-corrected chi connectivity index (χ3v) is 6.07. The van der Waals surface area contributed by atoms with Crippen molar-refractivity contribution in [3.8, 4) is 0 Å². The van der Waals surface area contributed by atoms with E-state index < -0.39 is 28.3 Å². The predicted octanol–water partition coefficient (Wildman–Crippen LogP) is 4.51. The Morgan fingerprint density at radius 1 is 1.09 bits per heavy atom. The number of carbonyl (C=O) groups excluding carboxylic acids is 2. The molecule has 2 aromatic carbocycles. The van der Waals surface area contributed by atoms with Gasteiger partial charge in [0.2, 0.25) is 11.8 Å². The number of benzene rings is 2. The van der Waals surface area contributed by atoms with Crippen LogP contribution in [0.25, 0.3) is 0 Å². The zero-order valence-electron chi connectivity index (χ0n) is 19.7. The van der Waals surface area contributed by atoms with E-state index in [1.165, 1.54) is 0 Å². The summed E-state index contributed by atoms with van der Waals surface area (Å²) in [7, 11) is 0. The molecular weight excluding hydrogens is 465 g/mol. The van der Waals surface area contributed by atoms with E-state index in [1.807, 2.05) is 32.9 Å². The van der Waals surface area contributed by atoms with Gasteiger partial charge in [0.25, 0.3) is 5.69 Å². The number of nitrogens with zero attached hydrogens (tertiary/aromatic N) is 2. The van der Waals surface area contributed by atoms with Gasteiger partial charge in [-0.3, -0.25) is 19.7 Å². The molecule has 8 nitrogen and oxygen atoms in total. The first-order valence-corrected chi connectivity index (χ1v) is 11.1. The summed E-state index contributed by atoms with van der Waals surface area (Å²) in [5.74, 6) is -1.07. The van der Waals surface area contributed by atoms with Gasteiger partial charge in [-0.2, -0.15) is 13.2 Å². The highest BCUT2D eigenvalue weighted by molar-refractivity contribution is 5.96. The van der Waals surface area contributed by atoms with Gasteiger partial charge in [-0.15, -0.1) is 0 Å². The normalized spacial score (nSPS) is 14.5. The summed E-state index contributed by atoms with van der Waals surface area (Å²) < 4.78 is 38.8. The van der Waals surface area contributed by atoms with Gasteiger partial charge in [-0.05, 0) is 56.9 Å². The zero-order chi connectivity index (χ0) is 25.9. The Kier molecular flexibility index (Phi) is 7.67. The quantitative estimate of drug-likeness (QED) is 0.456. The topological polar surface area (TPSA) is 105 Å². The number of nitro groups is 1. The maximum absolute atomic E-state index is 12.9.